The number of hydrogen-bond acceptors (Lipinski definition) is 4. The van der Waals surface area contributed by atoms with Crippen molar-refractivity contribution in [3.8, 4) is 17.3 Å². The van der Waals surface area contributed by atoms with Crippen molar-refractivity contribution in [2.75, 3.05) is 7.11 Å². The van der Waals surface area contributed by atoms with Gasteiger partial charge in [-0.15, -0.1) is 0 Å². The van der Waals surface area contributed by atoms with E-state index in [2.05, 4.69) is 12.0 Å². The van der Waals surface area contributed by atoms with E-state index in [0.29, 0.717) is 12.5 Å². The van der Waals surface area contributed by atoms with Crippen LogP contribution in [0.5, 0.6) is 11.6 Å². The maximum atomic E-state index is 5.97. The van der Waals surface area contributed by atoms with Crippen LogP contribution in [0.3, 0.4) is 0 Å². The molecule has 5 heteroatoms. The molecule has 27 heavy (non-hydrogen) atoms. The number of aromatic nitrogens is 3. The summed E-state index contributed by atoms with van der Waals surface area (Å²) in [5.41, 5.74) is 4.87. The highest BCUT2D eigenvalue weighted by Gasteiger charge is 2.14. The standard InChI is InChI=1S/C22H21N3O2/c1-15-12-20(27-14-17-8-7-11-19(13-17)26-3)23-22-21(15)16(2)24-25(22)18-9-5-4-6-10-18/h4-13H,14H2,1-3H3. The molecule has 2 aromatic heterocycles. The second kappa shape index (κ2) is 7.11. The van der Waals surface area contributed by atoms with Crippen LogP contribution in [0.1, 0.15) is 16.8 Å². The molecule has 0 N–H and O–H groups in total. The van der Waals surface area contributed by atoms with E-state index in [9.17, 15) is 0 Å². The SMILES string of the molecule is COc1cccc(COc2cc(C)c3c(C)nn(-c4ccccc4)c3n2)c1. The van der Waals surface area contributed by atoms with Crippen molar-refractivity contribution in [2.45, 2.75) is 20.5 Å². The molecule has 2 aromatic carbocycles. The normalized spacial score (nSPS) is 10.9. The van der Waals surface area contributed by atoms with E-state index in [0.717, 1.165) is 39.3 Å². The Kier molecular flexibility index (Phi) is 4.50. The van der Waals surface area contributed by atoms with Gasteiger partial charge >= 0.3 is 0 Å². The molecule has 0 unspecified atom stereocenters. The minimum atomic E-state index is 0.424. The highest BCUT2D eigenvalue weighted by molar-refractivity contribution is 5.83. The summed E-state index contributed by atoms with van der Waals surface area (Å²) in [5, 5.41) is 5.75. The number of rotatable bonds is 5. The summed E-state index contributed by atoms with van der Waals surface area (Å²) in [7, 11) is 1.66. The average Bonchev–Trinajstić information content (AvgIpc) is 3.04. The van der Waals surface area contributed by atoms with E-state index in [1.807, 2.05) is 72.3 Å². The zero-order valence-electron chi connectivity index (χ0n) is 15.6. The lowest BCUT2D eigenvalue weighted by Gasteiger charge is -2.09. The van der Waals surface area contributed by atoms with Gasteiger partial charge in [0.2, 0.25) is 5.88 Å². The Morgan fingerprint density at radius 2 is 1.78 bits per heavy atom. The van der Waals surface area contributed by atoms with Crippen molar-refractivity contribution < 1.29 is 9.47 Å². The first-order valence-corrected chi connectivity index (χ1v) is 8.84. The summed E-state index contributed by atoms with van der Waals surface area (Å²) < 4.78 is 13.1. The first-order chi connectivity index (χ1) is 13.2. The molecule has 0 amide bonds. The lowest BCUT2D eigenvalue weighted by atomic mass is 10.1. The summed E-state index contributed by atoms with van der Waals surface area (Å²) in [6, 6.07) is 19.8. The summed E-state index contributed by atoms with van der Waals surface area (Å²) in [4.78, 5) is 4.74. The molecule has 0 aliphatic rings. The van der Waals surface area contributed by atoms with Crippen LogP contribution in [0.2, 0.25) is 0 Å². The molecule has 0 atom stereocenters. The molecular weight excluding hydrogens is 338 g/mol. The third kappa shape index (κ3) is 3.36. The van der Waals surface area contributed by atoms with E-state index in [-0.39, 0.29) is 0 Å². The maximum Gasteiger partial charge on any atom is 0.215 e. The van der Waals surface area contributed by atoms with Crippen molar-refractivity contribution >= 4 is 11.0 Å². The molecule has 0 aliphatic carbocycles. The lowest BCUT2D eigenvalue weighted by Crippen LogP contribution is -2.01. The number of methoxy groups -OCH3 is 1. The molecule has 0 fully saturated rings. The number of benzene rings is 2. The quantitative estimate of drug-likeness (QED) is 0.521. The molecule has 0 bridgehead atoms. The number of pyridine rings is 1. The molecule has 4 aromatic rings. The monoisotopic (exact) mass is 359 g/mol. The van der Waals surface area contributed by atoms with Gasteiger partial charge in [0, 0.05) is 11.5 Å². The smallest absolute Gasteiger partial charge is 0.215 e. The number of aryl methyl sites for hydroxylation is 2. The Morgan fingerprint density at radius 1 is 0.963 bits per heavy atom. The molecule has 0 saturated heterocycles. The van der Waals surface area contributed by atoms with E-state index in [1.54, 1.807) is 7.11 Å². The molecule has 0 radical (unpaired) electrons. The summed E-state index contributed by atoms with van der Waals surface area (Å²) >= 11 is 0. The van der Waals surface area contributed by atoms with Crippen LogP contribution < -0.4 is 9.47 Å². The fraction of sp³-hybridized carbons (Fsp3) is 0.182. The van der Waals surface area contributed by atoms with Gasteiger partial charge in [-0.2, -0.15) is 10.1 Å². The fourth-order valence-electron chi connectivity index (χ4n) is 3.22. The average molecular weight is 359 g/mol. The van der Waals surface area contributed by atoms with Gasteiger partial charge in [-0.25, -0.2) is 4.68 Å². The van der Waals surface area contributed by atoms with Gasteiger partial charge in [0.05, 0.1) is 18.5 Å². The topological polar surface area (TPSA) is 49.2 Å². The minimum absolute atomic E-state index is 0.424. The largest absolute Gasteiger partial charge is 0.497 e. The van der Waals surface area contributed by atoms with Crippen molar-refractivity contribution in [1.82, 2.24) is 14.8 Å². The van der Waals surface area contributed by atoms with Crippen molar-refractivity contribution in [3.63, 3.8) is 0 Å². The number of para-hydroxylation sites is 1. The molecule has 0 saturated carbocycles. The van der Waals surface area contributed by atoms with E-state index < -0.39 is 0 Å². The van der Waals surface area contributed by atoms with Crippen LogP contribution in [0.25, 0.3) is 16.7 Å². The first kappa shape index (κ1) is 17.1. The Balaban J connectivity index is 1.70. The van der Waals surface area contributed by atoms with Crippen LogP contribution in [-0.2, 0) is 6.61 Å². The van der Waals surface area contributed by atoms with Crippen LogP contribution >= 0.6 is 0 Å². The number of fused-ring (bicyclic) bond motifs is 1. The zero-order valence-corrected chi connectivity index (χ0v) is 15.6. The molecule has 2 heterocycles. The Labute approximate surface area is 158 Å². The Bertz CT molecular complexity index is 1090. The third-order valence-electron chi connectivity index (χ3n) is 4.51. The number of hydrogen-bond donors (Lipinski definition) is 0. The van der Waals surface area contributed by atoms with Crippen molar-refractivity contribution in [3.05, 3.63) is 77.5 Å². The van der Waals surface area contributed by atoms with E-state index >= 15 is 0 Å². The second-order valence-electron chi connectivity index (χ2n) is 6.45. The van der Waals surface area contributed by atoms with Gasteiger partial charge in [-0.3, -0.25) is 0 Å². The molecule has 4 rings (SSSR count). The molecule has 0 aliphatic heterocycles. The van der Waals surface area contributed by atoms with Crippen LogP contribution in [0.15, 0.2) is 60.7 Å². The summed E-state index contributed by atoms with van der Waals surface area (Å²) in [6.45, 7) is 4.49. The van der Waals surface area contributed by atoms with Gasteiger partial charge in [0.15, 0.2) is 5.65 Å². The van der Waals surface area contributed by atoms with Crippen molar-refractivity contribution in [1.29, 1.82) is 0 Å². The van der Waals surface area contributed by atoms with Gasteiger partial charge in [-0.05, 0) is 49.2 Å². The molecule has 5 nitrogen and oxygen atoms in total. The number of ether oxygens (including phenoxy) is 2. The molecular formula is C22H21N3O2. The van der Waals surface area contributed by atoms with Gasteiger partial charge < -0.3 is 9.47 Å². The second-order valence-corrected chi connectivity index (χ2v) is 6.45. The lowest BCUT2D eigenvalue weighted by molar-refractivity contribution is 0.293. The predicted octanol–water partition coefficient (Wildman–Crippen LogP) is 4.62. The number of nitrogens with zero attached hydrogens (tertiary/aromatic N) is 3. The fourth-order valence-corrected chi connectivity index (χ4v) is 3.22. The summed E-state index contributed by atoms with van der Waals surface area (Å²) in [5.74, 6) is 1.40. The van der Waals surface area contributed by atoms with Crippen LogP contribution in [0, 0.1) is 13.8 Å². The van der Waals surface area contributed by atoms with Gasteiger partial charge in [0.1, 0.15) is 12.4 Å². The van der Waals surface area contributed by atoms with Crippen LogP contribution in [0.4, 0.5) is 0 Å². The van der Waals surface area contributed by atoms with Gasteiger partial charge in [0.25, 0.3) is 0 Å². The zero-order chi connectivity index (χ0) is 18.8. The van der Waals surface area contributed by atoms with Crippen molar-refractivity contribution in [2.24, 2.45) is 0 Å². The highest BCUT2D eigenvalue weighted by Crippen LogP contribution is 2.27. The third-order valence-corrected chi connectivity index (χ3v) is 4.51. The maximum absolute atomic E-state index is 5.97. The van der Waals surface area contributed by atoms with E-state index in [1.165, 1.54) is 0 Å². The van der Waals surface area contributed by atoms with Gasteiger partial charge in [-0.1, -0.05) is 30.3 Å². The Morgan fingerprint density at radius 3 is 2.56 bits per heavy atom. The van der Waals surface area contributed by atoms with Crippen LogP contribution in [-0.4, -0.2) is 21.9 Å². The first-order valence-electron chi connectivity index (χ1n) is 8.84. The molecule has 0 spiro atoms. The predicted molar refractivity (Wildman–Crippen MR) is 106 cm³/mol. The Hall–Kier alpha value is -3.34. The molecule has 136 valence electrons. The van der Waals surface area contributed by atoms with E-state index in [4.69, 9.17) is 14.5 Å². The highest BCUT2D eigenvalue weighted by atomic mass is 16.5. The minimum Gasteiger partial charge on any atom is -0.497 e. The summed E-state index contributed by atoms with van der Waals surface area (Å²) in [6.07, 6.45) is 0.